The van der Waals surface area contributed by atoms with E-state index in [9.17, 15) is 0 Å². The van der Waals surface area contributed by atoms with Crippen molar-refractivity contribution in [1.82, 2.24) is 5.32 Å². The Kier molecular flexibility index (Phi) is 7.19. The van der Waals surface area contributed by atoms with E-state index in [4.69, 9.17) is 0 Å². The van der Waals surface area contributed by atoms with E-state index < -0.39 is 0 Å². The second-order valence-corrected chi connectivity index (χ2v) is 5.19. The average Bonchev–Trinajstić information content (AvgIpc) is 2.78. The van der Waals surface area contributed by atoms with Gasteiger partial charge in [-0.3, -0.25) is 0 Å². The van der Waals surface area contributed by atoms with Gasteiger partial charge in [0.05, 0.1) is 0 Å². The van der Waals surface area contributed by atoms with Crippen LogP contribution in [0.2, 0.25) is 0 Å². The Balaban J connectivity index is 2.33. The van der Waals surface area contributed by atoms with Gasteiger partial charge in [-0.25, -0.2) is 0 Å². The smallest absolute Gasteiger partial charge is 0.0115 e. The molecule has 0 aliphatic heterocycles. The van der Waals surface area contributed by atoms with Gasteiger partial charge in [-0.05, 0) is 50.1 Å². The molecule has 0 spiro atoms. The van der Waals surface area contributed by atoms with Crippen LogP contribution in [0.25, 0.3) is 0 Å². The van der Waals surface area contributed by atoms with Crippen molar-refractivity contribution in [1.29, 1.82) is 0 Å². The average molecular weight is 237 g/mol. The van der Waals surface area contributed by atoms with Gasteiger partial charge < -0.3 is 5.32 Å². The molecule has 1 aromatic heterocycles. The third kappa shape index (κ3) is 5.47. The summed E-state index contributed by atoms with van der Waals surface area (Å²) < 4.78 is 0. The molecule has 1 nitrogen and oxygen atoms in total. The van der Waals surface area contributed by atoms with Crippen molar-refractivity contribution in [3.8, 4) is 0 Å². The first-order valence-corrected chi connectivity index (χ1v) is 7.11. The van der Waals surface area contributed by atoms with Gasteiger partial charge in [-0.2, -0.15) is 0 Å². The second kappa shape index (κ2) is 8.54. The molecule has 1 rings (SSSR count). The lowest BCUT2D eigenvalue weighted by molar-refractivity contribution is 0.468. The molecule has 90 valence electrons. The maximum absolute atomic E-state index is 3.78. The summed E-state index contributed by atoms with van der Waals surface area (Å²) in [5, 5.41) is 5.80. The summed E-state index contributed by atoms with van der Waals surface area (Å²) in [6.07, 6.45) is 8.04. The largest absolute Gasteiger partial charge is 0.314 e. The fraction of sp³-hybridized carbons (Fsp3) is 0.571. The molecule has 1 N–H and O–H groups in total. The SMILES string of the molecule is C=CCCCC(Cc1cccs1)NCCC. The molecule has 1 aromatic rings. The monoisotopic (exact) mass is 237 g/mol. The summed E-state index contributed by atoms with van der Waals surface area (Å²) in [5.74, 6) is 0. The highest BCUT2D eigenvalue weighted by Gasteiger charge is 2.08. The van der Waals surface area contributed by atoms with Crippen molar-refractivity contribution in [2.45, 2.75) is 45.1 Å². The summed E-state index contributed by atoms with van der Waals surface area (Å²) >= 11 is 1.86. The number of hydrogen-bond donors (Lipinski definition) is 1. The molecule has 0 aliphatic carbocycles. The Morgan fingerprint density at radius 2 is 2.44 bits per heavy atom. The molecular formula is C14H23NS. The Morgan fingerprint density at radius 1 is 1.56 bits per heavy atom. The predicted octanol–water partition coefficient (Wildman–Crippen LogP) is 4.02. The van der Waals surface area contributed by atoms with E-state index in [1.165, 1.54) is 30.6 Å². The van der Waals surface area contributed by atoms with Crippen molar-refractivity contribution >= 4 is 11.3 Å². The number of unbranched alkanes of at least 4 members (excludes halogenated alkanes) is 1. The van der Waals surface area contributed by atoms with Gasteiger partial charge in [0.1, 0.15) is 0 Å². The lowest BCUT2D eigenvalue weighted by Gasteiger charge is -2.17. The highest BCUT2D eigenvalue weighted by molar-refractivity contribution is 7.09. The summed E-state index contributed by atoms with van der Waals surface area (Å²) in [7, 11) is 0. The Hall–Kier alpha value is -0.600. The third-order valence-electron chi connectivity index (χ3n) is 2.67. The van der Waals surface area contributed by atoms with E-state index in [0.717, 1.165) is 13.0 Å². The van der Waals surface area contributed by atoms with Crippen LogP contribution in [0.5, 0.6) is 0 Å². The molecular weight excluding hydrogens is 214 g/mol. The first-order chi connectivity index (χ1) is 7.86. The normalized spacial score (nSPS) is 12.6. The van der Waals surface area contributed by atoms with Gasteiger partial charge in [0.25, 0.3) is 0 Å². The van der Waals surface area contributed by atoms with Gasteiger partial charge in [0, 0.05) is 10.9 Å². The molecule has 0 bridgehead atoms. The van der Waals surface area contributed by atoms with E-state index >= 15 is 0 Å². The Bertz CT molecular complexity index is 266. The number of thiophene rings is 1. The number of allylic oxidation sites excluding steroid dienone is 1. The van der Waals surface area contributed by atoms with Crippen LogP contribution in [0.4, 0.5) is 0 Å². The van der Waals surface area contributed by atoms with Crippen LogP contribution in [0.1, 0.15) is 37.5 Å². The molecule has 0 amide bonds. The zero-order valence-electron chi connectivity index (χ0n) is 10.2. The van der Waals surface area contributed by atoms with Crippen LogP contribution in [0.15, 0.2) is 30.2 Å². The first-order valence-electron chi connectivity index (χ1n) is 6.23. The molecule has 0 saturated carbocycles. The van der Waals surface area contributed by atoms with E-state index in [1.54, 1.807) is 0 Å². The first kappa shape index (κ1) is 13.5. The molecule has 0 aromatic carbocycles. The van der Waals surface area contributed by atoms with Crippen molar-refractivity contribution in [3.63, 3.8) is 0 Å². The van der Waals surface area contributed by atoms with Gasteiger partial charge in [0.2, 0.25) is 0 Å². The molecule has 0 saturated heterocycles. The van der Waals surface area contributed by atoms with Gasteiger partial charge in [-0.1, -0.05) is 19.1 Å². The number of hydrogen-bond acceptors (Lipinski definition) is 2. The van der Waals surface area contributed by atoms with Crippen LogP contribution in [0.3, 0.4) is 0 Å². The van der Waals surface area contributed by atoms with Crippen molar-refractivity contribution in [2.24, 2.45) is 0 Å². The minimum Gasteiger partial charge on any atom is -0.314 e. The minimum atomic E-state index is 0.638. The third-order valence-corrected chi connectivity index (χ3v) is 3.57. The fourth-order valence-corrected chi connectivity index (χ4v) is 2.59. The Morgan fingerprint density at radius 3 is 3.06 bits per heavy atom. The summed E-state index contributed by atoms with van der Waals surface area (Å²) in [4.78, 5) is 1.49. The molecule has 1 atom stereocenters. The molecule has 1 heterocycles. The van der Waals surface area contributed by atoms with Gasteiger partial charge in [-0.15, -0.1) is 17.9 Å². The highest BCUT2D eigenvalue weighted by atomic mass is 32.1. The Labute approximate surface area is 104 Å². The molecule has 0 radical (unpaired) electrons. The lowest BCUT2D eigenvalue weighted by atomic mass is 10.1. The van der Waals surface area contributed by atoms with Gasteiger partial charge >= 0.3 is 0 Å². The fourth-order valence-electron chi connectivity index (χ4n) is 1.80. The van der Waals surface area contributed by atoms with E-state index in [1.807, 2.05) is 17.4 Å². The molecule has 16 heavy (non-hydrogen) atoms. The van der Waals surface area contributed by atoms with Crippen LogP contribution in [-0.2, 0) is 6.42 Å². The quantitative estimate of drug-likeness (QED) is 0.505. The number of nitrogens with one attached hydrogen (secondary N) is 1. The summed E-state index contributed by atoms with van der Waals surface area (Å²) in [5.41, 5.74) is 0. The van der Waals surface area contributed by atoms with E-state index in [-0.39, 0.29) is 0 Å². The van der Waals surface area contributed by atoms with Crippen LogP contribution in [-0.4, -0.2) is 12.6 Å². The van der Waals surface area contributed by atoms with Crippen molar-refractivity contribution in [2.75, 3.05) is 6.54 Å². The molecule has 0 fully saturated rings. The maximum Gasteiger partial charge on any atom is 0.0115 e. The predicted molar refractivity (Wildman–Crippen MR) is 74.2 cm³/mol. The minimum absolute atomic E-state index is 0.638. The zero-order chi connectivity index (χ0) is 11.6. The topological polar surface area (TPSA) is 12.0 Å². The molecule has 0 aliphatic rings. The summed E-state index contributed by atoms with van der Waals surface area (Å²) in [6, 6.07) is 5.01. The molecule has 2 heteroatoms. The van der Waals surface area contributed by atoms with Gasteiger partial charge in [0.15, 0.2) is 0 Å². The number of rotatable bonds is 9. The van der Waals surface area contributed by atoms with Crippen LogP contribution in [0, 0.1) is 0 Å². The highest BCUT2D eigenvalue weighted by Crippen LogP contribution is 2.14. The van der Waals surface area contributed by atoms with Crippen molar-refractivity contribution in [3.05, 3.63) is 35.0 Å². The van der Waals surface area contributed by atoms with E-state index in [2.05, 4.69) is 36.3 Å². The van der Waals surface area contributed by atoms with Crippen LogP contribution >= 0.6 is 11.3 Å². The lowest BCUT2D eigenvalue weighted by Crippen LogP contribution is -2.31. The standard InChI is InChI=1S/C14H23NS/c1-3-5-6-8-13(15-10-4-2)12-14-9-7-11-16-14/h3,7,9,11,13,15H,1,4-6,8,10,12H2,2H3. The molecule has 1 unspecified atom stereocenters. The van der Waals surface area contributed by atoms with Crippen molar-refractivity contribution < 1.29 is 0 Å². The summed E-state index contributed by atoms with van der Waals surface area (Å²) in [6.45, 7) is 7.13. The van der Waals surface area contributed by atoms with Crippen LogP contribution < -0.4 is 5.32 Å². The second-order valence-electron chi connectivity index (χ2n) is 4.15. The zero-order valence-corrected chi connectivity index (χ0v) is 11.1. The van der Waals surface area contributed by atoms with E-state index in [0.29, 0.717) is 6.04 Å². The maximum atomic E-state index is 3.78.